The number of rotatable bonds is 7. The van der Waals surface area contributed by atoms with Crippen molar-refractivity contribution in [3.63, 3.8) is 0 Å². The summed E-state index contributed by atoms with van der Waals surface area (Å²) in [7, 11) is 0. The fourth-order valence-electron chi connectivity index (χ4n) is 2.50. The lowest BCUT2D eigenvalue weighted by atomic mass is 10.1. The lowest BCUT2D eigenvalue weighted by molar-refractivity contribution is -0.134. The van der Waals surface area contributed by atoms with Crippen LogP contribution >= 0.6 is 23.2 Å². The number of nitrogens with one attached hydrogen (secondary N) is 1. The molecule has 0 aromatic heterocycles. The summed E-state index contributed by atoms with van der Waals surface area (Å²) >= 11 is 12.1. The molecule has 0 spiro atoms. The number of anilines is 1. The van der Waals surface area contributed by atoms with Gasteiger partial charge in [0.15, 0.2) is 0 Å². The van der Waals surface area contributed by atoms with Gasteiger partial charge in [-0.25, -0.2) is 0 Å². The van der Waals surface area contributed by atoms with Crippen molar-refractivity contribution in [3.05, 3.63) is 63.6 Å². The number of carbonyl (C=O) groups is 2. The van der Waals surface area contributed by atoms with Crippen molar-refractivity contribution < 1.29 is 9.59 Å². The van der Waals surface area contributed by atoms with Crippen LogP contribution in [0.5, 0.6) is 0 Å². The minimum Gasteiger partial charge on any atom is -0.334 e. The molecule has 7 heteroatoms. The van der Waals surface area contributed by atoms with Gasteiger partial charge in [0.2, 0.25) is 11.8 Å². The molecule has 0 unspecified atom stereocenters. The first kappa shape index (κ1) is 20.8. The summed E-state index contributed by atoms with van der Waals surface area (Å²) in [6.07, 6.45) is 0.818. The zero-order valence-electron chi connectivity index (χ0n) is 14.8. The number of hydrogen-bond acceptors (Lipinski definition) is 3. The minimum absolute atomic E-state index is 0.0791. The molecule has 0 heterocycles. The van der Waals surface area contributed by atoms with E-state index in [2.05, 4.69) is 11.4 Å². The largest absolute Gasteiger partial charge is 0.334 e. The molecule has 0 aliphatic carbocycles. The Kier molecular flexibility index (Phi) is 7.66. The zero-order chi connectivity index (χ0) is 19.8. The highest BCUT2D eigenvalue weighted by Gasteiger charge is 2.17. The number of halogens is 2. The predicted octanol–water partition coefficient (Wildman–Crippen LogP) is 4.28. The van der Waals surface area contributed by atoms with Crippen molar-refractivity contribution in [1.29, 1.82) is 5.26 Å². The summed E-state index contributed by atoms with van der Waals surface area (Å²) in [6.45, 7) is 2.15. The second-order valence-electron chi connectivity index (χ2n) is 5.86. The van der Waals surface area contributed by atoms with Crippen molar-refractivity contribution >= 4 is 40.7 Å². The third-order valence-electron chi connectivity index (χ3n) is 4.01. The molecule has 0 fully saturated rings. The summed E-state index contributed by atoms with van der Waals surface area (Å²) < 4.78 is 0. The van der Waals surface area contributed by atoms with Crippen LogP contribution in [-0.2, 0) is 16.0 Å². The number of para-hydroxylation sites is 1. The lowest BCUT2D eigenvalue weighted by Crippen LogP contribution is -2.38. The Bertz CT molecular complexity index is 840. The highest BCUT2D eigenvalue weighted by Crippen LogP contribution is 2.29. The molecule has 0 aliphatic rings. The van der Waals surface area contributed by atoms with E-state index in [0.717, 1.165) is 5.56 Å². The van der Waals surface area contributed by atoms with E-state index in [-0.39, 0.29) is 24.8 Å². The Morgan fingerprint density at radius 2 is 1.74 bits per heavy atom. The average Bonchev–Trinajstić information content (AvgIpc) is 2.67. The van der Waals surface area contributed by atoms with E-state index in [1.54, 1.807) is 30.3 Å². The van der Waals surface area contributed by atoms with Crippen LogP contribution in [0.4, 0.5) is 5.69 Å². The maximum absolute atomic E-state index is 12.4. The highest BCUT2D eigenvalue weighted by molar-refractivity contribution is 6.39. The van der Waals surface area contributed by atoms with Gasteiger partial charge in [-0.05, 0) is 43.2 Å². The molecule has 0 radical (unpaired) electrons. The summed E-state index contributed by atoms with van der Waals surface area (Å²) in [6, 6.07) is 14.1. The van der Waals surface area contributed by atoms with E-state index >= 15 is 0 Å². The number of nitrogens with zero attached hydrogens (tertiary/aromatic N) is 2. The van der Waals surface area contributed by atoms with Gasteiger partial charge in [0.05, 0.1) is 33.9 Å². The number of carbonyl (C=O) groups excluding carboxylic acids is 2. The molecular formula is C20H19Cl2N3O2. The predicted molar refractivity (Wildman–Crippen MR) is 107 cm³/mol. The molecule has 0 saturated carbocycles. The van der Waals surface area contributed by atoms with Crippen molar-refractivity contribution in [2.75, 3.05) is 18.4 Å². The first-order chi connectivity index (χ1) is 12.9. The number of likely N-dealkylation sites (N-methyl/N-ethyl adjacent to an activating group) is 1. The SMILES string of the molecule is CCN(CC(=O)Nc1c(Cl)cccc1Cl)C(=O)CCc1ccc(C#N)cc1. The Labute approximate surface area is 168 Å². The summed E-state index contributed by atoms with van der Waals surface area (Å²) in [5.41, 5.74) is 1.88. The van der Waals surface area contributed by atoms with Gasteiger partial charge in [0.25, 0.3) is 0 Å². The van der Waals surface area contributed by atoms with Crippen molar-refractivity contribution in [2.45, 2.75) is 19.8 Å². The fourth-order valence-corrected chi connectivity index (χ4v) is 2.99. The van der Waals surface area contributed by atoms with E-state index < -0.39 is 0 Å². The molecule has 1 N–H and O–H groups in total. The normalized spacial score (nSPS) is 10.1. The number of aryl methyl sites for hydroxylation is 1. The molecule has 0 aliphatic heterocycles. The van der Waals surface area contributed by atoms with E-state index in [0.29, 0.717) is 34.3 Å². The Balaban J connectivity index is 1.92. The van der Waals surface area contributed by atoms with Gasteiger partial charge in [-0.3, -0.25) is 9.59 Å². The molecular weight excluding hydrogens is 385 g/mol. The van der Waals surface area contributed by atoms with Crippen molar-refractivity contribution in [2.24, 2.45) is 0 Å². The second-order valence-corrected chi connectivity index (χ2v) is 6.68. The standard InChI is InChI=1S/C20H19Cl2N3O2/c1-2-25(13-18(26)24-20-16(21)4-3-5-17(20)22)19(27)11-10-14-6-8-15(12-23)9-7-14/h3-9H,2,10-11,13H2,1H3,(H,24,26). The molecule has 27 heavy (non-hydrogen) atoms. The van der Waals surface area contributed by atoms with Gasteiger partial charge in [0.1, 0.15) is 0 Å². The molecule has 2 aromatic rings. The Hall–Kier alpha value is -2.55. The van der Waals surface area contributed by atoms with Gasteiger partial charge in [-0.2, -0.15) is 5.26 Å². The number of amides is 2. The van der Waals surface area contributed by atoms with Crippen LogP contribution in [0.1, 0.15) is 24.5 Å². The molecule has 2 amide bonds. The molecule has 0 atom stereocenters. The third kappa shape index (κ3) is 5.99. The first-order valence-corrected chi connectivity index (χ1v) is 9.20. The zero-order valence-corrected chi connectivity index (χ0v) is 16.3. The average molecular weight is 404 g/mol. The van der Waals surface area contributed by atoms with Gasteiger partial charge < -0.3 is 10.2 Å². The van der Waals surface area contributed by atoms with Crippen LogP contribution in [0.2, 0.25) is 10.0 Å². The van der Waals surface area contributed by atoms with Gasteiger partial charge in [-0.1, -0.05) is 41.4 Å². The summed E-state index contributed by atoms with van der Waals surface area (Å²) in [5, 5.41) is 12.1. The first-order valence-electron chi connectivity index (χ1n) is 8.45. The van der Waals surface area contributed by atoms with Crippen LogP contribution in [0.25, 0.3) is 0 Å². The molecule has 2 aromatic carbocycles. The topological polar surface area (TPSA) is 73.2 Å². The Morgan fingerprint density at radius 3 is 2.30 bits per heavy atom. The summed E-state index contributed by atoms with van der Waals surface area (Å²) in [4.78, 5) is 26.2. The van der Waals surface area contributed by atoms with Crippen LogP contribution in [0.15, 0.2) is 42.5 Å². The quantitative estimate of drug-likeness (QED) is 0.749. The number of hydrogen-bond donors (Lipinski definition) is 1. The van der Waals surface area contributed by atoms with Crippen LogP contribution < -0.4 is 5.32 Å². The monoisotopic (exact) mass is 403 g/mol. The molecule has 2 rings (SSSR count). The molecule has 0 saturated heterocycles. The lowest BCUT2D eigenvalue weighted by Gasteiger charge is -2.21. The van der Waals surface area contributed by atoms with E-state index in [1.165, 1.54) is 4.90 Å². The number of nitriles is 1. The maximum atomic E-state index is 12.4. The smallest absolute Gasteiger partial charge is 0.244 e. The van der Waals surface area contributed by atoms with Crippen molar-refractivity contribution in [1.82, 2.24) is 4.90 Å². The van der Waals surface area contributed by atoms with Crippen molar-refractivity contribution in [3.8, 4) is 6.07 Å². The molecule has 0 bridgehead atoms. The molecule has 140 valence electrons. The molecule has 5 nitrogen and oxygen atoms in total. The van der Waals surface area contributed by atoms with Gasteiger partial charge in [0, 0.05) is 13.0 Å². The van der Waals surface area contributed by atoms with E-state index in [1.807, 2.05) is 19.1 Å². The van der Waals surface area contributed by atoms with Crippen LogP contribution in [0.3, 0.4) is 0 Å². The minimum atomic E-state index is -0.362. The maximum Gasteiger partial charge on any atom is 0.244 e. The van der Waals surface area contributed by atoms with Gasteiger partial charge in [-0.15, -0.1) is 0 Å². The van der Waals surface area contributed by atoms with E-state index in [4.69, 9.17) is 28.5 Å². The van der Waals surface area contributed by atoms with Gasteiger partial charge >= 0.3 is 0 Å². The highest BCUT2D eigenvalue weighted by atomic mass is 35.5. The summed E-state index contributed by atoms with van der Waals surface area (Å²) in [5.74, 6) is -0.485. The second kappa shape index (κ2) is 9.96. The Morgan fingerprint density at radius 1 is 1.11 bits per heavy atom. The van der Waals surface area contributed by atoms with Crippen LogP contribution in [0, 0.1) is 11.3 Å². The third-order valence-corrected chi connectivity index (χ3v) is 4.64. The van der Waals surface area contributed by atoms with E-state index in [9.17, 15) is 9.59 Å². The fraction of sp³-hybridized carbons (Fsp3) is 0.250. The van der Waals surface area contributed by atoms with Crippen LogP contribution in [-0.4, -0.2) is 29.8 Å². The number of benzene rings is 2.